The van der Waals surface area contributed by atoms with Crippen LogP contribution in [0.2, 0.25) is 0 Å². The highest BCUT2D eigenvalue weighted by molar-refractivity contribution is 4.98. The van der Waals surface area contributed by atoms with Crippen molar-refractivity contribution >= 4 is 0 Å². The minimum atomic E-state index is -0.131. The first-order valence-corrected chi connectivity index (χ1v) is 4.91. The van der Waals surface area contributed by atoms with Crippen LogP contribution >= 0.6 is 0 Å². The van der Waals surface area contributed by atoms with Gasteiger partial charge in [0.05, 0.1) is 5.60 Å². The van der Waals surface area contributed by atoms with Gasteiger partial charge in [-0.25, -0.2) is 0 Å². The quantitative estimate of drug-likeness (QED) is 0.641. The highest BCUT2D eigenvalue weighted by Gasteiger charge is 2.10. The topological polar surface area (TPSA) is 21.3 Å². The van der Waals surface area contributed by atoms with Crippen molar-refractivity contribution in [2.75, 3.05) is 20.7 Å². The van der Waals surface area contributed by atoms with Gasteiger partial charge in [0.25, 0.3) is 0 Å². The second-order valence-electron chi connectivity index (χ2n) is 4.04. The molecule has 0 saturated carbocycles. The molecule has 1 atom stereocenters. The lowest BCUT2D eigenvalue weighted by Crippen LogP contribution is -2.19. The molecule has 0 saturated heterocycles. The van der Waals surface area contributed by atoms with E-state index in [2.05, 4.69) is 38.2 Å². The van der Waals surface area contributed by atoms with Crippen molar-refractivity contribution in [1.82, 2.24) is 5.32 Å². The van der Waals surface area contributed by atoms with Crippen LogP contribution in [-0.4, -0.2) is 26.3 Å². The molecule has 0 heterocycles. The van der Waals surface area contributed by atoms with Gasteiger partial charge in [-0.1, -0.05) is 19.1 Å². The fourth-order valence-electron chi connectivity index (χ4n) is 0.932. The van der Waals surface area contributed by atoms with E-state index in [1.807, 2.05) is 7.05 Å². The number of hydrogen-bond donors (Lipinski definition) is 1. The molecule has 0 aromatic rings. The molecule has 0 rings (SSSR count). The second-order valence-corrected chi connectivity index (χ2v) is 4.04. The van der Waals surface area contributed by atoms with Gasteiger partial charge in [-0.3, -0.25) is 0 Å². The summed E-state index contributed by atoms with van der Waals surface area (Å²) in [6.45, 7) is 7.42. The second kappa shape index (κ2) is 6.17. The molecule has 0 aromatic carbocycles. The van der Waals surface area contributed by atoms with Crippen LogP contribution in [0.15, 0.2) is 12.2 Å². The van der Waals surface area contributed by atoms with Crippen molar-refractivity contribution in [3.63, 3.8) is 0 Å². The van der Waals surface area contributed by atoms with Gasteiger partial charge in [-0.2, -0.15) is 0 Å². The van der Waals surface area contributed by atoms with E-state index >= 15 is 0 Å². The summed E-state index contributed by atoms with van der Waals surface area (Å²) in [6.07, 6.45) is 5.53. The van der Waals surface area contributed by atoms with Gasteiger partial charge < -0.3 is 10.1 Å². The first kappa shape index (κ1) is 12.7. The van der Waals surface area contributed by atoms with Crippen molar-refractivity contribution in [3.05, 3.63) is 12.2 Å². The van der Waals surface area contributed by atoms with Gasteiger partial charge in [0.15, 0.2) is 0 Å². The molecule has 0 aliphatic rings. The van der Waals surface area contributed by atoms with E-state index in [0.29, 0.717) is 5.92 Å². The van der Waals surface area contributed by atoms with E-state index in [1.54, 1.807) is 7.11 Å². The minimum absolute atomic E-state index is 0.131. The van der Waals surface area contributed by atoms with Crippen molar-refractivity contribution in [3.8, 4) is 0 Å². The Morgan fingerprint density at radius 3 is 2.54 bits per heavy atom. The van der Waals surface area contributed by atoms with Crippen LogP contribution in [0.3, 0.4) is 0 Å². The Morgan fingerprint density at radius 2 is 2.08 bits per heavy atom. The summed E-state index contributed by atoms with van der Waals surface area (Å²) in [7, 11) is 3.72. The van der Waals surface area contributed by atoms with Crippen LogP contribution in [0.1, 0.15) is 27.2 Å². The van der Waals surface area contributed by atoms with Gasteiger partial charge >= 0.3 is 0 Å². The first-order valence-electron chi connectivity index (χ1n) is 4.91. The van der Waals surface area contributed by atoms with Crippen molar-refractivity contribution in [2.45, 2.75) is 32.8 Å². The molecule has 0 radical (unpaired) electrons. The zero-order chi connectivity index (χ0) is 10.3. The SMILES string of the molecule is CNCCC(C)/C=C\C(C)(C)OC. The number of nitrogens with one attached hydrogen (secondary N) is 1. The van der Waals surface area contributed by atoms with Crippen LogP contribution in [0.25, 0.3) is 0 Å². The third kappa shape index (κ3) is 6.79. The van der Waals surface area contributed by atoms with Gasteiger partial charge in [-0.05, 0) is 39.8 Å². The van der Waals surface area contributed by atoms with E-state index in [1.165, 1.54) is 6.42 Å². The van der Waals surface area contributed by atoms with Crippen LogP contribution in [0, 0.1) is 5.92 Å². The number of methoxy groups -OCH3 is 1. The zero-order valence-electron chi connectivity index (χ0n) is 9.55. The molecule has 78 valence electrons. The van der Waals surface area contributed by atoms with Crippen LogP contribution in [-0.2, 0) is 4.74 Å². The smallest absolute Gasteiger partial charge is 0.0802 e. The summed E-state index contributed by atoms with van der Waals surface area (Å²) in [5.74, 6) is 0.613. The molecule has 0 aromatic heterocycles. The summed E-state index contributed by atoms with van der Waals surface area (Å²) in [5, 5.41) is 3.14. The average Bonchev–Trinajstić information content (AvgIpc) is 2.11. The lowest BCUT2D eigenvalue weighted by atomic mass is 10.0. The fourth-order valence-corrected chi connectivity index (χ4v) is 0.932. The summed E-state index contributed by atoms with van der Waals surface area (Å²) in [4.78, 5) is 0. The lowest BCUT2D eigenvalue weighted by Gasteiger charge is -2.18. The Bertz CT molecular complexity index is 152. The minimum Gasteiger partial charge on any atom is -0.375 e. The van der Waals surface area contributed by atoms with E-state index < -0.39 is 0 Å². The molecule has 2 heteroatoms. The van der Waals surface area contributed by atoms with E-state index in [9.17, 15) is 0 Å². The van der Waals surface area contributed by atoms with Crippen molar-refractivity contribution in [1.29, 1.82) is 0 Å². The fraction of sp³-hybridized carbons (Fsp3) is 0.818. The molecule has 2 nitrogen and oxygen atoms in total. The molecule has 0 amide bonds. The van der Waals surface area contributed by atoms with Gasteiger partial charge in [0.2, 0.25) is 0 Å². The van der Waals surface area contributed by atoms with Gasteiger partial charge in [0, 0.05) is 7.11 Å². The third-order valence-electron chi connectivity index (χ3n) is 2.20. The van der Waals surface area contributed by atoms with Crippen LogP contribution < -0.4 is 5.32 Å². The summed E-state index contributed by atoms with van der Waals surface area (Å²) < 4.78 is 5.29. The van der Waals surface area contributed by atoms with Crippen molar-refractivity contribution in [2.24, 2.45) is 5.92 Å². The molecule has 0 aliphatic heterocycles. The predicted octanol–water partition coefficient (Wildman–Crippen LogP) is 2.21. The summed E-state index contributed by atoms with van der Waals surface area (Å²) in [5.41, 5.74) is -0.131. The molecular formula is C11H23NO. The number of hydrogen-bond acceptors (Lipinski definition) is 2. The maximum absolute atomic E-state index is 5.29. The maximum Gasteiger partial charge on any atom is 0.0802 e. The number of ether oxygens (including phenoxy) is 1. The molecule has 13 heavy (non-hydrogen) atoms. The van der Waals surface area contributed by atoms with Crippen molar-refractivity contribution < 1.29 is 4.74 Å². The molecule has 1 N–H and O–H groups in total. The third-order valence-corrected chi connectivity index (χ3v) is 2.20. The highest BCUT2D eigenvalue weighted by atomic mass is 16.5. The largest absolute Gasteiger partial charge is 0.375 e. The number of allylic oxidation sites excluding steroid dienone is 1. The highest BCUT2D eigenvalue weighted by Crippen LogP contribution is 2.12. The Morgan fingerprint density at radius 1 is 1.46 bits per heavy atom. The predicted molar refractivity (Wildman–Crippen MR) is 57.9 cm³/mol. The van der Waals surface area contributed by atoms with Crippen LogP contribution in [0.5, 0.6) is 0 Å². The Balaban J connectivity index is 3.82. The molecule has 0 spiro atoms. The Kier molecular flexibility index (Phi) is 6.00. The summed E-state index contributed by atoms with van der Waals surface area (Å²) in [6, 6.07) is 0. The lowest BCUT2D eigenvalue weighted by molar-refractivity contribution is 0.0651. The molecule has 1 unspecified atom stereocenters. The monoisotopic (exact) mass is 185 g/mol. The number of rotatable bonds is 6. The Hall–Kier alpha value is -0.340. The first-order chi connectivity index (χ1) is 6.02. The molecule has 0 aliphatic carbocycles. The Labute approximate surface area is 82.4 Å². The molecule has 0 bridgehead atoms. The van der Waals surface area contributed by atoms with E-state index in [0.717, 1.165) is 6.54 Å². The van der Waals surface area contributed by atoms with E-state index in [4.69, 9.17) is 4.74 Å². The van der Waals surface area contributed by atoms with Gasteiger partial charge in [0.1, 0.15) is 0 Å². The molecular weight excluding hydrogens is 162 g/mol. The maximum atomic E-state index is 5.29. The molecule has 0 fully saturated rings. The normalized spacial score (nSPS) is 15.2. The average molecular weight is 185 g/mol. The van der Waals surface area contributed by atoms with Crippen LogP contribution in [0.4, 0.5) is 0 Å². The van der Waals surface area contributed by atoms with Gasteiger partial charge in [-0.15, -0.1) is 0 Å². The zero-order valence-corrected chi connectivity index (χ0v) is 9.55. The standard InChI is InChI=1S/C11H23NO/c1-10(7-9-12-4)6-8-11(2,3)13-5/h6,8,10,12H,7,9H2,1-5H3/b8-6-. The summed E-state index contributed by atoms with van der Waals surface area (Å²) >= 11 is 0. The van der Waals surface area contributed by atoms with E-state index in [-0.39, 0.29) is 5.60 Å².